The summed E-state index contributed by atoms with van der Waals surface area (Å²) in [6.45, 7) is 11.3. The van der Waals surface area contributed by atoms with Crippen molar-refractivity contribution in [2.45, 2.75) is 33.3 Å². The van der Waals surface area contributed by atoms with Crippen LogP contribution in [0.1, 0.15) is 33.3 Å². The summed E-state index contributed by atoms with van der Waals surface area (Å²) >= 11 is 0. The van der Waals surface area contributed by atoms with Crippen molar-refractivity contribution >= 4 is 17.4 Å². The second kappa shape index (κ2) is 5.04. The van der Waals surface area contributed by atoms with Crippen molar-refractivity contribution in [3.05, 3.63) is 36.4 Å². The number of ether oxygens (including phenoxy) is 1. The van der Waals surface area contributed by atoms with Crippen molar-refractivity contribution < 1.29 is 9.53 Å². The molecule has 0 aromatic heterocycles. The summed E-state index contributed by atoms with van der Waals surface area (Å²) in [4.78, 5) is 11.5. The van der Waals surface area contributed by atoms with Gasteiger partial charge in [0.25, 0.3) is 0 Å². The standard InChI is InChI=1S/C14H19NO2/c1-10(2)11-6-8-12(9-7-11)15-13(16)17-14(3,4)5/h6-9H,1H2,2-5H3,(H,15,16). The summed E-state index contributed by atoms with van der Waals surface area (Å²) in [5.74, 6) is 0. The molecule has 0 saturated carbocycles. The number of nitrogens with one attached hydrogen (secondary N) is 1. The lowest BCUT2D eigenvalue weighted by molar-refractivity contribution is 0.0636. The molecule has 17 heavy (non-hydrogen) atoms. The van der Waals surface area contributed by atoms with Gasteiger partial charge in [0.15, 0.2) is 0 Å². The largest absolute Gasteiger partial charge is 0.444 e. The van der Waals surface area contributed by atoms with E-state index in [0.717, 1.165) is 11.1 Å². The predicted octanol–water partition coefficient (Wildman–Crippen LogP) is 4.07. The average molecular weight is 233 g/mol. The van der Waals surface area contributed by atoms with Crippen LogP contribution in [-0.2, 0) is 4.74 Å². The van der Waals surface area contributed by atoms with Crippen LogP contribution in [0.4, 0.5) is 10.5 Å². The fraction of sp³-hybridized carbons (Fsp3) is 0.357. The van der Waals surface area contributed by atoms with E-state index >= 15 is 0 Å². The fourth-order valence-corrected chi connectivity index (χ4v) is 1.26. The van der Waals surface area contributed by atoms with E-state index in [-0.39, 0.29) is 0 Å². The Morgan fingerprint density at radius 3 is 2.18 bits per heavy atom. The Balaban J connectivity index is 2.64. The van der Waals surface area contributed by atoms with E-state index in [9.17, 15) is 4.79 Å². The van der Waals surface area contributed by atoms with Crippen LogP contribution in [0.3, 0.4) is 0 Å². The van der Waals surface area contributed by atoms with Crippen LogP contribution in [0.2, 0.25) is 0 Å². The van der Waals surface area contributed by atoms with E-state index in [0.29, 0.717) is 5.69 Å². The molecule has 0 saturated heterocycles. The molecule has 0 aliphatic heterocycles. The zero-order chi connectivity index (χ0) is 13.1. The maximum absolute atomic E-state index is 11.5. The summed E-state index contributed by atoms with van der Waals surface area (Å²) in [5, 5.41) is 2.67. The fourth-order valence-electron chi connectivity index (χ4n) is 1.26. The van der Waals surface area contributed by atoms with Crippen molar-refractivity contribution in [1.29, 1.82) is 0 Å². The van der Waals surface area contributed by atoms with Gasteiger partial charge in [0.2, 0.25) is 0 Å². The van der Waals surface area contributed by atoms with Gasteiger partial charge in [-0.05, 0) is 45.4 Å². The van der Waals surface area contributed by atoms with Gasteiger partial charge in [-0.3, -0.25) is 5.32 Å². The zero-order valence-corrected chi connectivity index (χ0v) is 10.8. The smallest absolute Gasteiger partial charge is 0.412 e. The van der Waals surface area contributed by atoms with Crippen LogP contribution in [0.25, 0.3) is 5.57 Å². The first-order valence-electron chi connectivity index (χ1n) is 5.54. The number of hydrogen-bond donors (Lipinski definition) is 1. The van der Waals surface area contributed by atoms with E-state index in [1.165, 1.54) is 0 Å². The molecule has 1 N–H and O–H groups in total. The molecular formula is C14H19NO2. The summed E-state index contributed by atoms with van der Waals surface area (Å²) in [6, 6.07) is 7.48. The summed E-state index contributed by atoms with van der Waals surface area (Å²) in [6.07, 6.45) is -0.444. The Labute approximate surface area is 102 Å². The zero-order valence-electron chi connectivity index (χ0n) is 10.8. The third-order valence-electron chi connectivity index (χ3n) is 2.02. The maximum atomic E-state index is 11.5. The average Bonchev–Trinajstić information content (AvgIpc) is 2.15. The van der Waals surface area contributed by atoms with Gasteiger partial charge in [-0.1, -0.05) is 24.3 Å². The van der Waals surface area contributed by atoms with Crippen molar-refractivity contribution in [2.75, 3.05) is 5.32 Å². The minimum absolute atomic E-state index is 0.444. The number of amides is 1. The third kappa shape index (κ3) is 4.72. The molecule has 1 aromatic carbocycles. The van der Waals surface area contributed by atoms with Gasteiger partial charge in [-0.25, -0.2) is 4.79 Å². The second-order valence-electron chi connectivity index (χ2n) is 4.98. The highest BCUT2D eigenvalue weighted by molar-refractivity contribution is 5.85. The van der Waals surface area contributed by atoms with Gasteiger partial charge >= 0.3 is 6.09 Å². The lowest BCUT2D eigenvalue weighted by atomic mass is 10.1. The molecule has 1 amide bonds. The minimum Gasteiger partial charge on any atom is -0.444 e. The highest BCUT2D eigenvalue weighted by Crippen LogP contribution is 2.16. The Kier molecular flexibility index (Phi) is 3.94. The van der Waals surface area contributed by atoms with Crippen LogP contribution in [-0.4, -0.2) is 11.7 Å². The van der Waals surface area contributed by atoms with Crippen molar-refractivity contribution in [3.8, 4) is 0 Å². The molecule has 0 aliphatic carbocycles. The highest BCUT2D eigenvalue weighted by atomic mass is 16.6. The van der Waals surface area contributed by atoms with Gasteiger partial charge in [0, 0.05) is 5.69 Å². The summed E-state index contributed by atoms with van der Waals surface area (Å²) in [5.41, 5.74) is 2.28. The van der Waals surface area contributed by atoms with Crippen LogP contribution in [0, 0.1) is 0 Å². The van der Waals surface area contributed by atoms with Gasteiger partial charge in [-0.2, -0.15) is 0 Å². The normalized spacial score (nSPS) is 10.8. The van der Waals surface area contributed by atoms with E-state index in [2.05, 4.69) is 11.9 Å². The minimum atomic E-state index is -0.484. The molecule has 3 nitrogen and oxygen atoms in total. The van der Waals surface area contributed by atoms with Gasteiger partial charge in [0.05, 0.1) is 0 Å². The molecule has 92 valence electrons. The molecule has 1 rings (SSSR count). The SMILES string of the molecule is C=C(C)c1ccc(NC(=O)OC(C)(C)C)cc1. The topological polar surface area (TPSA) is 38.3 Å². The molecule has 0 heterocycles. The molecule has 0 aliphatic rings. The lowest BCUT2D eigenvalue weighted by Gasteiger charge is -2.19. The van der Waals surface area contributed by atoms with Crippen LogP contribution >= 0.6 is 0 Å². The first-order chi connectivity index (χ1) is 7.78. The van der Waals surface area contributed by atoms with Crippen LogP contribution < -0.4 is 5.32 Å². The Hall–Kier alpha value is -1.77. The quantitative estimate of drug-likeness (QED) is 0.836. The van der Waals surface area contributed by atoms with E-state index < -0.39 is 11.7 Å². The first kappa shape index (κ1) is 13.3. The van der Waals surface area contributed by atoms with E-state index in [1.54, 1.807) is 0 Å². The summed E-state index contributed by atoms with van der Waals surface area (Å²) < 4.78 is 5.15. The van der Waals surface area contributed by atoms with Crippen molar-refractivity contribution in [3.63, 3.8) is 0 Å². The Bertz CT molecular complexity index is 413. The summed E-state index contributed by atoms with van der Waals surface area (Å²) in [7, 11) is 0. The van der Waals surface area contributed by atoms with Gasteiger partial charge in [-0.15, -0.1) is 0 Å². The van der Waals surface area contributed by atoms with Crippen LogP contribution in [0.5, 0.6) is 0 Å². The number of carbonyl (C=O) groups excluding carboxylic acids is 1. The molecule has 0 fully saturated rings. The molecule has 0 unspecified atom stereocenters. The number of benzene rings is 1. The first-order valence-corrected chi connectivity index (χ1v) is 5.54. The second-order valence-corrected chi connectivity index (χ2v) is 4.98. The Morgan fingerprint density at radius 2 is 1.76 bits per heavy atom. The molecular weight excluding hydrogens is 214 g/mol. The molecule has 0 spiro atoms. The van der Waals surface area contributed by atoms with Crippen LogP contribution in [0.15, 0.2) is 30.8 Å². The monoisotopic (exact) mass is 233 g/mol. The van der Waals surface area contributed by atoms with E-state index in [4.69, 9.17) is 4.74 Å². The number of carbonyl (C=O) groups is 1. The number of rotatable bonds is 2. The predicted molar refractivity (Wildman–Crippen MR) is 71.0 cm³/mol. The number of allylic oxidation sites excluding steroid dienone is 1. The molecule has 1 aromatic rings. The van der Waals surface area contributed by atoms with Gasteiger partial charge < -0.3 is 4.74 Å². The van der Waals surface area contributed by atoms with Crippen molar-refractivity contribution in [2.24, 2.45) is 0 Å². The molecule has 3 heteroatoms. The maximum Gasteiger partial charge on any atom is 0.412 e. The molecule has 0 atom stereocenters. The lowest BCUT2D eigenvalue weighted by Crippen LogP contribution is -2.27. The third-order valence-corrected chi connectivity index (χ3v) is 2.02. The highest BCUT2D eigenvalue weighted by Gasteiger charge is 2.15. The number of anilines is 1. The van der Waals surface area contributed by atoms with Crippen molar-refractivity contribution in [1.82, 2.24) is 0 Å². The molecule has 0 bridgehead atoms. The van der Waals surface area contributed by atoms with Gasteiger partial charge in [0.1, 0.15) is 5.60 Å². The Morgan fingerprint density at radius 1 is 1.24 bits per heavy atom. The molecule has 0 radical (unpaired) electrons. The van der Waals surface area contributed by atoms with E-state index in [1.807, 2.05) is 52.0 Å². The number of hydrogen-bond acceptors (Lipinski definition) is 2.